The Morgan fingerprint density at radius 2 is 1.72 bits per heavy atom. The van der Waals surface area contributed by atoms with Gasteiger partial charge in [0.25, 0.3) is 0 Å². The van der Waals surface area contributed by atoms with E-state index in [2.05, 4.69) is 4.90 Å². The Morgan fingerprint density at radius 3 is 2.40 bits per heavy atom. The first-order valence-electron chi connectivity index (χ1n) is 9.07. The van der Waals surface area contributed by atoms with Crippen LogP contribution in [0.4, 0.5) is 4.79 Å². The molecular formula is C19H26N2O4. The fourth-order valence-corrected chi connectivity index (χ4v) is 3.88. The molecule has 136 valence electrons. The van der Waals surface area contributed by atoms with Gasteiger partial charge in [-0.1, -0.05) is 43.2 Å². The molecule has 0 bridgehead atoms. The number of carbonyl (C=O) groups is 2. The minimum absolute atomic E-state index is 0.105. The van der Waals surface area contributed by atoms with Crippen molar-refractivity contribution in [3.8, 4) is 0 Å². The van der Waals surface area contributed by atoms with Crippen LogP contribution >= 0.6 is 0 Å². The number of hydrogen-bond acceptors (Lipinski definition) is 4. The van der Waals surface area contributed by atoms with Gasteiger partial charge in [-0.2, -0.15) is 0 Å². The summed E-state index contributed by atoms with van der Waals surface area (Å²) in [5, 5.41) is 9.45. The Kier molecular flexibility index (Phi) is 5.91. The van der Waals surface area contributed by atoms with E-state index in [4.69, 9.17) is 4.74 Å². The van der Waals surface area contributed by atoms with Crippen molar-refractivity contribution in [2.45, 2.75) is 38.3 Å². The van der Waals surface area contributed by atoms with Crippen LogP contribution in [0.1, 0.15) is 31.2 Å². The summed E-state index contributed by atoms with van der Waals surface area (Å²) in [6.07, 6.45) is 3.50. The standard InChI is InChI=1S/C19H26N2O4/c22-18(23)16-8-4-5-9-17(16)20-10-12-21(13-11-20)19(24)25-14-15-6-2-1-3-7-15/h1-3,6-7,16-17H,4-5,8-14H2,(H,22,23)/t16-,17-/m0/s1. The molecule has 2 fully saturated rings. The molecule has 1 saturated carbocycles. The minimum Gasteiger partial charge on any atom is -0.481 e. The Labute approximate surface area is 148 Å². The first kappa shape index (κ1) is 17.7. The van der Waals surface area contributed by atoms with Crippen molar-refractivity contribution in [2.24, 2.45) is 5.92 Å². The average molecular weight is 346 g/mol. The second-order valence-electron chi connectivity index (χ2n) is 6.86. The zero-order chi connectivity index (χ0) is 17.6. The molecule has 1 heterocycles. The van der Waals surface area contributed by atoms with Crippen LogP contribution in [-0.4, -0.2) is 59.2 Å². The lowest BCUT2D eigenvalue weighted by atomic mass is 9.83. The summed E-state index contributed by atoms with van der Waals surface area (Å²) in [6, 6.07) is 9.74. The van der Waals surface area contributed by atoms with Crippen LogP contribution in [0.2, 0.25) is 0 Å². The highest BCUT2D eigenvalue weighted by molar-refractivity contribution is 5.71. The molecule has 25 heavy (non-hydrogen) atoms. The summed E-state index contributed by atoms with van der Waals surface area (Å²) >= 11 is 0. The van der Waals surface area contributed by atoms with E-state index in [1.807, 2.05) is 30.3 Å². The van der Waals surface area contributed by atoms with E-state index in [9.17, 15) is 14.7 Å². The molecule has 2 atom stereocenters. The molecular weight excluding hydrogens is 320 g/mol. The predicted molar refractivity (Wildman–Crippen MR) is 93.2 cm³/mol. The molecule has 1 aliphatic heterocycles. The van der Waals surface area contributed by atoms with Crippen molar-refractivity contribution in [2.75, 3.05) is 26.2 Å². The van der Waals surface area contributed by atoms with Crippen molar-refractivity contribution >= 4 is 12.1 Å². The summed E-state index contributed by atoms with van der Waals surface area (Å²) in [4.78, 5) is 27.7. The molecule has 1 aromatic rings. The summed E-state index contributed by atoms with van der Waals surface area (Å²) in [5.74, 6) is -0.959. The zero-order valence-electron chi connectivity index (χ0n) is 14.5. The average Bonchev–Trinajstić information content (AvgIpc) is 2.67. The van der Waals surface area contributed by atoms with E-state index in [-0.39, 0.29) is 24.7 Å². The number of nitrogens with zero attached hydrogens (tertiary/aromatic N) is 2. The zero-order valence-corrected chi connectivity index (χ0v) is 14.5. The molecule has 1 saturated heterocycles. The van der Waals surface area contributed by atoms with Crippen LogP contribution in [0.3, 0.4) is 0 Å². The molecule has 6 nitrogen and oxygen atoms in total. The Bertz CT molecular complexity index is 584. The Balaban J connectivity index is 1.47. The molecule has 1 aliphatic carbocycles. The summed E-state index contributed by atoms with van der Waals surface area (Å²) < 4.78 is 5.38. The van der Waals surface area contributed by atoms with Crippen LogP contribution in [0.25, 0.3) is 0 Å². The fourth-order valence-electron chi connectivity index (χ4n) is 3.88. The summed E-state index contributed by atoms with van der Waals surface area (Å²) in [7, 11) is 0. The van der Waals surface area contributed by atoms with E-state index in [0.717, 1.165) is 44.3 Å². The van der Waals surface area contributed by atoms with E-state index in [0.29, 0.717) is 13.1 Å². The van der Waals surface area contributed by atoms with Crippen LogP contribution in [0, 0.1) is 5.92 Å². The lowest BCUT2D eigenvalue weighted by molar-refractivity contribution is -0.146. The smallest absolute Gasteiger partial charge is 0.410 e. The van der Waals surface area contributed by atoms with Gasteiger partial charge in [0.2, 0.25) is 0 Å². The first-order valence-corrected chi connectivity index (χ1v) is 9.07. The quantitative estimate of drug-likeness (QED) is 0.907. The highest BCUT2D eigenvalue weighted by Gasteiger charge is 2.36. The van der Waals surface area contributed by atoms with Gasteiger partial charge < -0.3 is 14.7 Å². The molecule has 1 aromatic carbocycles. The number of aliphatic carboxylic acids is 1. The Morgan fingerprint density at radius 1 is 1.04 bits per heavy atom. The molecule has 3 rings (SSSR count). The van der Waals surface area contributed by atoms with Crippen molar-refractivity contribution in [3.63, 3.8) is 0 Å². The van der Waals surface area contributed by atoms with Crippen molar-refractivity contribution in [3.05, 3.63) is 35.9 Å². The van der Waals surface area contributed by atoms with Gasteiger partial charge in [0.05, 0.1) is 5.92 Å². The molecule has 0 radical (unpaired) electrons. The lowest BCUT2D eigenvalue weighted by Gasteiger charge is -2.42. The largest absolute Gasteiger partial charge is 0.481 e. The topological polar surface area (TPSA) is 70.1 Å². The SMILES string of the molecule is O=C(O)[C@H]1CCCC[C@@H]1N1CCN(C(=O)OCc2ccccc2)CC1. The third-order valence-electron chi connectivity index (χ3n) is 5.29. The maximum atomic E-state index is 12.2. The van der Waals surface area contributed by atoms with Gasteiger partial charge in [-0.05, 0) is 18.4 Å². The third-order valence-corrected chi connectivity index (χ3v) is 5.29. The van der Waals surface area contributed by atoms with E-state index in [1.165, 1.54) is 0 Å². The number of hydrogen-bond donors (Lipinski definition) is 1. The molecule has 6 heteroatoms. The second kappa shape index (κ2) is 8.34. The number of carboxylic acid groups (broad SMARTS) is 1. The van der Waals surface area contributed by atoms with Gasteiger partial charge >= 0.3 is 12.1 Å². The molecule has 2 aliphatic rings. The number of benzene rings is 1. The number of ether oxygens (including phenoxy) is 1. The maximum absolute atomic E-state index is 12.2. The number of carboxylic acids is 1. The van der Waals surface area contributed by atoms with Gasteiger partial charge in [0.1, 0.15) is 6.61 Å². The number of amides is 1. The van der Waals surface area contributed by atoms with Gasteiger partial charge in [0, 0.05) is 32.2 Å². The normalized spacial score (nSPS) is 24.7. The Hall–Kier alpha value is -2.08. The second-order valence-corrected chi connectivity index (χ2v) is 6.86. The van der Waals surface area contributed by atoms with E-state index in [1.54, 1.807) is 4.90 Å². The minimum atomic E-state index is -0.686. The van der Waals surface area contributed by atoms with Crippen molar-refractivity contribution < 1.29 is 19.4 Å². The van der Waals surface area contributed by atoms with Crippen molar-refractivity contribution in [1.82, 2.24) is 9.80 Å². The molecule has 0 aromatic heterocycles. The van der Waals surface area contributed by atoms with Crippen LogP contribution < -0.4 is 0 Å². The molecule has 1 N–H and O–H groups in total. The predicted octanol–water partition coefficient (Wildman–Crippen LogP) is 2.58. The molecule has 1 amide bonds. The van der Waals surface area contributed by atoms with Crippen molar-refractivity contribution in [1.29, 1.82) is 0 Å². The third kappa shape index (κ3) is 4.51. The fraction of sp³-hybridized carbons (Fsp3) is 0.579. The summed E-state index contributed by atoms with van der Waals surface area (Å²) in [5.41, 5.74) is 0.973. The highest BCUT2D eigenvalue weighted by Crippen LogP contribution is 2.29. The summed E-state index contributed by atoms with van der Waals surface area (Å²) in [6.45, 7) is 2.90. The van der Waals surface area contributed by atoms with Gasteiger partial charge in [-0.15, -0.1) is 0 Å². The van der Waals surface area contributed by atoms with E-state index >= 15 is 0 Å². The number of piperazine rings is 1. The maximum Gasteiger partial charge on any atom is 0.410 e. The lowest BCUT2D eigenvalue weighted by Crippen LogP contribution is -2.55. The van der Waals surface area contributed by atoms with Gasteiger partial charge in [0.15, 0.2) is 0 Å². The molecule has 0 spiro atoms. The number of carbonyl (C=O) groups excluding carboxylic acids is 1. The highest BCUT2D eigenvalue weighted by atomic mass is 16.6. The van der Waals surface area contributed by atoms with Crippen LogP contribution in [0.5, 0.6) is 0 Å². The van der Waals surface area contributed by atoms with Gasteiger partial charge in [-0.25, -0.2) is 4.79 Å². The number of rotatable bonds is 4. The van der Waals surface area contributed by atoms with Crippen LogP contribution in [-0.2, 0) is 16.1 Å². The first-order chi connectivity index (χ1) is 12.1. The monoisotopic (exact) mass is 346 g/mol. The van der Waals surface area contributed by atoms with Gasteiger partial charge in [-0.3, -0.25) is 9.69 Å². The van der Waals surface area contributed by atoms with Crippen LogP contribution in [0.15, 0.2) is 30.3 Å². The van der Waals surface area contributed by atoms with E-state index < -0.39 is 5.97 Å². The molecule has 0 unspecified atom stereocenters.